The molecule has 2 aromatic rings. The molecular weight excluding hydrogens is 373 g/mol. The Kier molecular flexibility index (Phi) is 7.50. The van der Waals surface area contributed by atoms with E-state index in [-0.39, 0.29) is 18.0 Å². The highest BCUT2D eigenvalue weighted by Gasteiger charge is 2.19. The van der Waals surface area contributed by atoms with Gasteiger partial charge < -0.3 is 9.73 Å². The number of oxazole rings is 1. The number of nitrogens with zero attached hydrogens (tertiary/aromatic N) is 2. The molecule has 0 aliphatic rings. The second-order valence-electron chi connectivity index (χ2n) is 6.62. The molecule has 0 radical (unpaired) electrons. The molecule has 0 aliphatic carbocycles. The Hall–Kier alpha value is -1.56. The molecule has 1 amide bonds. The van der Waals surface area contributed by atoms with Gasteiger partial charge in [-0.3, -0.25) is 9.69 Å². The number of amides is 1. The van der Waals surface area contributed by atoms with Crippen molar-refractivity contribution in [3.63, 3.8) is 0 Å². The van der Waals surface area contributed by atoms with Gasteiger partial charge in [0.15, 0.2) is 5.69 Å². The summed E-state index contributed by atoms with van der Waals surface area (Å²) in [6.45, 7) is 9.20. The van der Waals surface area contributed by atoms with E-state index in [1.165, 1.54) is 6.26 Å². The fourth-order valence-electron chi connectivity index (χ4n) is 2.37. The third-order valence-corrected chi connectivity index (χ3v) is 5.11. The number of rotatable bonds is 8. The zero-order valence-electron chi connectivity index (χ0n) is 15.6. The first-order chi connectivity index (χ1) is 12.3. The van der Waals surface area contributed by atoms with Crippen molar-refractivity contribution in [2.75, 3.05) is 0 Å². The van der Waals surface area contributed by atoms with E-state index >= 15 is 0 Å². The third kappa shape index (κ3) is 5.47. The molecular formula is C19H25Cl2N3O2. The van der Waals surface area contributed by atoms with Gasteiger partial charge in [0.2, 0.25) is 5.89 Å². The molecule has 5 nitrogen and oxygen atoms in total. The van der Waals surface area contributed by atoms with Gasteiger partial charge in [-0.1, -0.05) is 42.3 Å². The lowest BCUT2D eigenvalue weighted by Gasteiger charge is -2.25. The molecule has 26 heavy (non-hydrogen) atoms. The van der Waals surface area contributed by atoms with E-state index in [2.05, 4.69) is 29.0 Å². The summed E-state index contributed by atoms with van der Waals surface area (Å²) in [6, 6.07) is 5.92. The van der Waals surface area contributed by atoms with Gasteiger partial charge in [-0.15, -0.1) is 0 Å². The van der Waals surface area contributed by atoms with Gasteiger partial charge in [-0.2, -0.15) is 0 Å². The summed E-state index contributed by atoms with van der Waals surface area (Å²) in [5.41, 5.74) is 1.24. The lowest BCUT2D eigenvalue weighted by atomic mass is 10.2. The van der Waals surface area contributed by atoms with Gasteiger partial charge in [0.25, 0.3) is 5.91 Å². The monoisotopic (exact) mass is 397 g/mol. The highest BCUT2D eigenvalue weighted by Crippen LogP contribution is 2.27. The Morgan fingerprint density at radius 3 is 2.65 bits per heavy atom. The molecule has 1 aromatic carbocycles. The zero-order valence-corrected chi connectivity index (χ0v) is 17.1. The summed E-state index contributed by atoms with van der Waals surface area (Å²) >= 11 is 12.4. The second-order valence-corrected chi connectivity index (χ2v) is 7.41. The summed E-state index contributed by atoms with van der Waals surface area (Å²) in [7, 11) is 0. The summed E-state index contributed by atoms with van der Waals surface area (Å²) in [4.78, 5) is 18.6. The zero-order chi connectivity index (χ0) is 19.3. The van der Waals surface area contributed by atoms with Gasteiger partial charge in [0.1, 0.15) is 6.26 Å². The molecule has 1 atom stereocenters. The number of carbonyl (C=O) groups is 1. The number of hydrogen-bond donors (Lipinski definition) is 1. The molecule has 0 fully saturated rings. The van der Waals surface area contributed by atoms with Gasteiger partial charge >= 0.3 is 0 Å². The van der Waals surface area contributed by atoms with Crippen molar-refractivity contribution in [1.82, 2.24) is 15.2 Å². The molecule has 1 heterocycles. The Bertz CT molecular complexity index is 746. The van der Waals surface area contributed by atoms with Crippen LogP contribution < -0.4 is 5.32 Å². The average Bonchev–Trinajstić information content (AvgIpc) is 3.06. The van der Waals surface area contributed by atoms with Crippen LogP contribution in [0.4, 0.5) is 0 Å². The van der Waals surface area contributed by atoms with Gasteiger partial charge in [-0.25, -0.2) is 4.98 Å². The van der Waals surface area contributed by atoms with Crippen LogP contribution in [-0.2, 0) is 13.1 Å². The maximum atomic E-state index is 12.1. The summed E-state index contributed by atoms with van der Waals surface area (Å²) in [5, 5.41) is 3.97. The van der Waals surface area contributed by atoms with E-state index in [9.17, 15) is 4.79 Å². The van der Waals surface area contributed by atoms with Crippen molar-refractivity contribution in [3.8, 4) is 0 Å². The van der Waals surface area contributed by atoms with E-state index < -0.39 is 0 Å². The van der Waals surface area contributed by atoms with Crippen molar-refractivity contribution < 1.29 is 9.21 Å². The van der Waals surface area contributed by atoms with Crippen LogP contribution >= 0.6 is 23.2 Å². The lowest BCUT2D eigenvalue weighted by molar-refractivity contribution is 0.0934. The van der Waals surface area contributed by atoms with Gasteiger partial charge in [0, 0.05) is 18.6 Å². The summed E-state index contributed by atoms with van der Waals surface area (Å²) in [5.74, 6) is 0.273. The summed E-state index contributed by atoms with van der Waals surface area (Å²) < 4.78 is 5.50. The van der Waals surface area contributed by atoms with E-state index in [0.29, 0.717) is 34.7 Å². The van der Waals surface area contributed by atoms with Crippen LogP contribution in [0.25, 0.3) is 0 Å². The van der Waals surface area contributed by atoms with Crippen molar-refractivity contribution in [2.24, 2.45) is 0 Å². The second kappa shape index (κ2) is 9.40. The molecule has 2 rings (SSSR count). The predicted octanol–water partition coefficient (Wildman–Crippen LogP) is 4.92. The van der Waals surface area contributed by atoms with E-state index in [0.717, 1.165) is 12.0 Å². The van der Waals surface area contributed by atoms with Gasteiger partial charge in [0.05, 0.1) is 16.6 Å². The minimum atomic E-state index is -0.219. The number of aromatic nitrogens is 1. The van der Waals surface area contributed by atoms with Crippen LogP contribution in [0, 0.1) is 0 Å². The van der Waals surface area contributed by atoms with Crippen LogP contribution in [0.5, 0.6) is 0 Å². The standard InChI is InChI=1S/C19H25Cl2N3O2/c1-5-13(4)22-19(25)16-11-26-17(23-16)10-24(12(2)3)9-14-7-6-8-15(20)18(14)21/h6-8,11-13H,5,9-10H2,1-4H3,(H,22,25). The van der Waals surface area contributed by atoms with Crippen molar-refractivity contribution in [2.45, 2.75) is 59.3 Å². The molecule has 0 saturated heterocycles. The molecule has 1 unspecified atom stereocenters. The number of carbonyl (C=O) groups excluding carboxylic acids is 1. The van der Waals surface area contributed by atoms with Crippen molar-refractivity contribution in [3.05, 3.63) is 51.7 Å². The molecule has 1 N–H and O–H groups in total. The van der Waals surface area contributed by atoms with Crippen LogP contribution in [0.1, 0.15) is 56.1 Å². The maximum absolute atomic E-state index is 12.1. The van der Waals surface area contributed by atoms with Crippen molar-refractivity contribution >= 4 is 29.1 Å². The molecule has 142 valence electrons. The average molecular weight is 398 g/mol. The Morgan fingerprint density at radius 2 is 2.00 bits per heavy atom. The van der Waals surface area contributed by atoms with Crippen LogP contribution in [0.3, 0.4) is 0 Å². The largest absolute Gasteiger partial charge is 0.447 e. The maximum Gasteiger partial charge on any atom is 0.273 e. The molecule has 0 spiro atoms. The topological polar surface area (TPSA) is 58.4 Å². The predicted molar refractivity (Wildman–Crippen MR) is 105 cm³/mol. The van der Waals surface area contributed by atoms with Gasteiger partial charge in [-0.05, 0) is 38.8 Å². The normalized spacial score (nSPS) is 12.6. The fourth-order valence-corrected chi connectivity index (χ4v) is 2.75. The first-order valence-corrected chi connectivity index (χ1v) is 9.49. The first-order valence-electron chi connectivity index (χ1n) is 8.74. The summed E-state index contributed by atoms with van der Waals surface area (Å²) in [6.07, 6.45) is 2.26. The van der Waals surface area contributed by atoms with Crippen molar-refractivity contribution in [1.29, 1.82) is 0 Å². The third-order valence-electron chi connectivity index (χ3n) is 4.25. The van der Waals surface area contributed by atoms with Crippen LogP contribution in [-0.4, -0.2) is 27.9 Å². The molecule has 0 bridgehead atoms. The van der Waals surface area contributed by atoms with Crippen LogP contribution in [0.15, 0.2) is 28.9 Å². The minimum absolute atomic E-state index is 0.0970. The number of nitrogens with one attached hydrogen (secondary N) is 1. The molecule has 1 aromatic heterocycles. The highest BCUT2D eigenvalue weighted by atomic mass is 35.5. The SMILES string of the molecule is CCC(C)NC(=O)c1coc(CN(Cc2cccc(Cl)c2Cl)C(C)C)n1. The highest BCUT2D eigenvalue weighted by molar-refractivity contribution is 6.42. The number of benzene rings is 1. The van der Waals surface area contributed by atoms with E-state index in [1.54, 1.807) is 6.07 Å². The Balaban J connectivity index is 2.09. The Labute approximate surface area is 164 Å². The Morgan fingerprint density at radius 1 is 1.27 bits per heavy atom. The number of halogens is 2. The lowest BCUT2D eigenvalue weighted by Crippen LogP contribution is -2.32. The van der Waals surface area contributed by atoms with Crippen LogP contribution in [0.2, 0.25) is 10.0 Å². The minimum Gasteiger partial charge on any atom is -0.447 e. The quantitative estimate of drug-likeness (QED) is 0.686. The molecule has 0 aliphatic heterocycles. The van der Waals surface area contributed by atoms with E-state index in [4.69, 9.17) is 27.6 Å². The first kappa shape index (κ1) is 20.7. The smallest absolute Gasteiger partial charge is 0.273 e. The molecule has 0 saturated carbocycles. The number of hydrogen-bond acceptors (Lipinski definition) is 4. The fraction of sp³-hybridized carbons (Fsp3) is 0.474. The van der Waals surface area contributed by atoms with E-state index in [1.807, 2.05) is 26.0 Å². The molecule has 7 heteroatoms.